The minimum absolute atomic E-state index is 0.365. The van der Waals surface area contributed by atoms with Crippen molar-refractivity contribution in [3.05, 3.63) is 53.4 Å². The molecule has 0 bridgehead atoms. The molecule has 2 heterocycles. The predicted octanol–water partition coefficient (Wildman–Crippen LogP) is 2.59. The van der Waals surface area contributed by atoms with E-state index < -0.39 is 0 Å². The SMILES string of the molecule is CCc1nc(SCc2ncnn2C2Cc3ccccc3C2)n[nH]1. The Bertz CT molecular complexity index is 783. The minimum Gasteiger partial charge on any atom is -0.262 e. The number of thioether (sulfide) groups is 1. The van der Waals surface area contributed by atoms with E-state index in [-0.39, 0.29) is 0 Å². The molecule has 1 aliphatic rings. The highest BCUT2D eigenvalue weighted by molar-refractivity contribution is 7.98. The van der Waals surface area contributed by atoms with Gasteiger partial charge < -0.3 is 0 Å². The quantitative estimate of drug-likeness (QED) is 0.730. The van der Waals surface area contributed by atoms with Crippen LogP contribution in [0.4, 0.5) is 0 Å². The molecule has 0 spiro atoms. The van der Waals surface area contributed by atoms with Crippen LogP contribution < -0.4 is 0 Å². The third-order valence-electron chi connectivity index (χ3n) is 4.20. The number of benzene rings is 1. The molecule has 0 saturated heterocycles. The van der Waals surface area contributed by atoms with Gasteiger partial charge in [0.1, 0.15) is 18.0 Å². The van der Waals surface area contributed by atoms with Crippen molar-refractivity contribution in [1.82, 2.24) is 29.9 Å². The Morgan fingerprint density at radius 1 is 1.26 bits per heavy atom. The number of aromatic nitrogens is 6. The Balaban J connectivity index is 1.47. The van der Waals surface area contributed by atoms with Crippen LogP contribution in [0.1, 0.15) is 35.7 Å². The number of fused-ring (bicyclic) bond motifs is 1. The third kappa shape index (κ3) is 2.88. The van der Waals surface area contributed by atoms with Gasteiger partial charge in [-0.3, -0.25) is 5.10 Å². The summed E-state index contributed by atoms with van der Waals surface area (Å²) < 4.78 is 2.07. The molecule has 0 aliphatic heterocycles. The lowest BCUT2D eigenvalue weighted by Crippen LogP contribution is -2.14. The standard InChI is InChI=1S/C16H18N6S/c1-2-14-19-16(21-20-14)23-9-15-17-10-18-22(15)13-7-11-5-3-4-6-12(11)8-13/h3-6,10,13H,2,7-9H2,1H3,(H,19,20,21). The van der Waals surface area contributed by atoms with Crippen molar-refractivity contribution in [2.24, 2.45) is 0 Å². The van der Waals surface area contributed by atoms with Crippen molar-refractivity contribution in [2.75, 3.05) is 0 Å². The zero-order valence-electron chi connectivity index (χ0n) is 12.9. The summed E-state index contributed by atoms with van der Waals surface area (Å²) in [5.41, 5.74) is 2.85. The van der Waals surface area contributed by atoms with Gasteiger partial charge in [-0.2, -0.15) is 5.10 Å². The van der Waals surface area contributed by atoms with Gasteiger partial charge in [-0.15, -0.1) is 5.10 Å². The van der Waals surface area contributed by atoms with Crippen LogP contribution in [-0.4, -0.2) is 29.9 Å². The van der Waals surface area contributed by atoms with E-state index in [9.17, 15) is 0 Å². The van der Waals surface area contributed by atoms with E-state index in [2.05, 4.69) is 61.1 Å². The summed E-state index contributed by atoms with van der Waals surface area (Å²) in [6.07, 6.45) is 4.56. The van der Waals surface area contributed by atoms with Crippen LogP contribution >= 0.6 is 11.8 Å². The van der Waals surface area contributed by atoms with E-state index in [0.717, 1.165) is 41.8 Å². The minimum atomic E-state index is 0.365. The smallest absolute Gasteiger partial charge is 0.208 e. The van der Waals surface area contributed by atoms with Gasteiger partial charge in [-0.25, -0.2) is 14.6 Å². The second-order valence-electron chi connectivity index (χ2n) is 5.66. The van der Waals surface area contributed by atoms with Crippen LogP contribution in [0, 0.1) is 0 Å². The van der Waals surface area contributed by atoms with Crippen LogP contribution in [-0.2, 0) is 25.0 Å². The number of nitrogens with zero attached hydrogens (tertiary/aromatic N) is 5. The van der Waals surface area contributed by atoms with E-state index in [1.54, 1.807) is 18.1 Å². The highest BCUT2D eigenvalue weighted by atomic mass is 32.2. The molecule has 6 nitrogen and oxygen atoms in total. The number of rotatable bonds is 5. The van der Waals surface area contributed by atoms with Crippen molar-refractivity contribution >= 4 is 11.8 Å². The van der Waals surface area contributed by atoms with Crippen LogP contribution in [0.5, 0.6) is 0 Å². The first-order valence-electron chi connectivity index (χ1n) is 7.82. The van der Waals surface area contributed by atoms with Gasteiger partial charge >= 0.3 is 0 Å². The molecule has 118 valence electrons. The molecule has 0 unspecified atom stereocenters. The van der Waals surface area contributed by atoms with E-state index in [1.807, 2.05) is 0 Å². The maximum Gasteiger partial charge on any atom is 0.208 e. The highest BCUT2D eigenvalue weighted by Crippen LogP contribution is 2.31. The number of hydrogen-bond acceptors (Lipinski definition) is 5. The molecule has 2 aromatic heterocycles. The average Bonchev–Trinajstić information content (AvgIpc) is 3.30. The fraction of sp³-hybridized carbons (Fsp3) is 0.375. The van der Waals surface area contributed by atoms with Gasteiger partial charge in [0, 0.05) is 6.42 Å². The summed E-state index contributed by atoms with van der Waals surface area (Å²) >= 11 is 1.59. The lowest BCUT2D eigenvalue weighted by molar-refractivity contribution is 0.461. The van der Waals surface area contributed by atoms with Gasteiger partial charge in [0.2, 0.25) is 5.16 Å². The van der Waals surface area contributed by atoms with Crippen LogP contribution in [0.15, 0.2) is 35.7 Å². The maximum atomic E-state index is 4.46. The number of aromatic amines is 1. The third-order valence-corrected chi connectivity index (χ3v) is 5.04. The Morgan fingerprint density at radius 2 is 2.04 bits per heavy atom. The first-order valence-corrected chi connectivity index (χ1v) is 8.81. The van der Waals surface area contributed by atoms with Gasteiger partial charge in [-0.1, -0.05) is 43.0 Å². The molecule has 23 heavy (non-hydrogen) atoms. The predicted molar refractivity (Wildman–Crippen MR) is 88.2 cm³/mol. The fourth-order valence-electron chi connectivity index (χ4n) is 3.02. The van der Waals surface area contributed by atoms with Gasteiger partial charge in [0.05, 0.1) is 11.8 Å². The molecular formula is C16H18N6S. The van der Waals surface area contributed by atoms with E-state index in [0.29, 0.717) is 6.04 Å². The highest BCUT2D eigenvalue weighted by Gasteiger charge is 2.25. The molecule has 7 heteroatoms. The topological polar surface area (TPSA) is 72.3 Å². The molecule has 0 fully saturated rings. The molecule has 0 amide bonds. The molecular weight excluding hydrogens is 308 g/mol. The fourth-order valence-corrected chi connectivity index (χ4v) is 3.77. The number of H-pyrrole nitrogens is 1. The Hall–Kier alpha value is -2.15. The molecule has 0 saturated carbocycles. The summed E-state index contributed by atoms with van der Waals surface area (Å²) in [7, 11) is 0. The zero-order chi connectivity index (χ0) is 15.6. The van der Waals surface area contributed by atoms with E-state index in [1.165, 1.54) is 11.1 Å². The van der Waals surface area contributed by atoms with Gasteiger partial charge in [-0.05, 0) is 24.0 Å². The zero-order valence-corrected chi connectivity index (χ0v) is 13.8. The van der Waals surface area contributed by atoms with Crippen molar-refractivity contribution < 1.29 is 0 Å². The largest absolute Gasteiger partial charge is 0.262 e. The normalized spacial score (nSPS) is 14.3. The average molecular weight is 326 g/mol. The second kappa shape index (κ2) is 6.16. The summed E-state index contributed by atoms with van der Waals surface area (Å²) in [6.45, 7) is 2.06. The van der Waals surface area contributed by atoms with E-state index >= 15 is 0 Å². The summed E-state index contributed by atoms with van der Waals surface area (Å²) in [5, 5.41) is 12.4. The molecule has 0 atom stereocenters. The summed E-state index contributed by atoms with van der Waals surface area (Å²) in [6, 6.07) is 8.99. The Morgan fingerprint density at radius 3 is 2.74 bits per heavy atom. The van der Waals surface area contributed by atoms with Gasteiger partial charge in [0.15, 0.2) is 0 Å². The maximum absolute atomic E-state index is 4.46. The summed E-state index contributed by atoms with van der Waals surface area (Å²) in [5.74, 6) is 2.63. The molecule has 1 aromatic carbocycles. The molecule has 1 aliphatic carbocycles. The Kier molecular flexibility index (Phi) is 3.87. The number of hydrogen-bond donors (Lipinski definition) is 1. The number of aryl methyl sites for hydroxylation is 1. The molecule has 0 radical (unpaired) electrons. The lowest BCUT2D eigenvalue weighted by Gasteiger charge is -2.12. The first kappa shape index (κ1) is 14.4. The monoisotopic (exact) mass is 326 g/mol. The van der Waals surface area contributed by atoms with Crippen LogP contribution in [0.3, 0.4) is 0 Å². The van der Waals surface area contributed by atoms with Crippen molar-refractivity contribution in [3.63, 3.8) is 0 Å². The van der Waals surface area contributed by atoms with Crippen molar-refractivity contribution in [3.8, 4) is 0 Å². The Labute approximate surface area is 138 Å². The van der Waals surface area contributed by atoms with Crippen LogP contribution in [0.25, 0.3) is 0 Å². The van der Waals surface area contributed by atoms with Gasteiger partial charge in [0.25, 0.3) is 0 Å². The molecule has 1 N–H and O–H groups in total. The van der Waals surface area contributed by atoms with Crippen molar-refractivity contribution in [2.45, 2.75) is 43.1 Å². The van der Waals surface area contributed by atoms with Crippen LogP contribution in [0.2, 0.25) is 0 Å². The second-order valence-corrected chi connectivity index (χ2v) is 6.60. The number of nitrogens with one attached hydrogen (secondary N) is 1. The molecule has 3 aromatic rings. The van der Waals surface area contributed by atoms with Crippen molar-refractivity contribution in [1.29, 1.82) is 0 Å². The lowest BCUT2D eigenvalue weighted by atomic mass is 10.1. The molecule has 4 rings (SSSR count). The van der Waals surface area contributed by atoms with E-state index in [4.69, 9.17) is 0 Å². The first-order chi connectivity index (χ1) is 11.3. The summed E-state index contributed by atoms with van der Waals surface area (Å²) in [4.78, 5) is 8.86.